The maximum absolute atomic E-state index is 3.87. The van der Waals surface area contributed by atoms with Crippen molar-refractivity contribution in [2.75, 3.05) is 18.0 Å². The molecular formula is C18H27BrN2. The number of piperazine rings is 1. The smallest absolute Gasteiger partial charge is 0.0438 e. The van der Waals surface area contributed by atoms with Gasteiger partial charge in [-0.2, -0.15) is 0 Å². The standard InChI is InChI=1S/C18H27BrN2/c1-12(2)17-10-20-18(4,14-6-7-14)11-21(17)16-9-15(19)8-5-13(16)3/h5,8-9,12,14,17,20H,6-7,10-11H2,1-4H3. The Morgan fingerprint density at radius 1 is 1.33 bits per heavy atom. The quantitative estimate of drug-likeness (QED) is 0.870. The summed E-state index contributed by atoms with van der Waals surface area (Å²) in [7, 11) is 0. The molecule has 0 aromatic heterocycles. The van der Waals surface area contributed by atoms with Crippen LogP contribution in [0.2, 0.25) is 0 Å². The van der Waals surface area contributed by atoms with Gasteiger partial charge in [-0.1, -0.05) is 35.8 Å². The summed E-state index contributed by atoms with van der Waals surface area (Å²) in [6.07, 6.45) is 2.78. The third-order valence-corrected chi connectivity index (χ3v) is 5.84. The molecule has 2 nitrogen and oxygen atoms in total. The maximum atomic E-state index is 3.87. The van der Waals surface area contributed by atoms with Crippen molar-refractivity contribution in [2.24, 2.45) is 11.8 Å². The number of rotatable bonds is 3. The largest absolute Gasteiger partial charge is 0.365 e. The van der Waals surface area contributed by atoms with Gasteiger partial charge in [0, 0.05) is 34.8 Å². The molecule has 1 saturated heterocycles. The third-order valence-electron chi connectivity index (χ3n) is 5.34. The molecule has 21 heavy (non-hydrogen) atoms. The highest BCUT2D eigenvalue weighted by Crippen LogP contribution is 2.43. The van der Waals surface area contributed by atoms with Crippen molar-refractivity contribution < 1.29 is 0 Å². The average Bonchev–Trinajstić information content (AvgIpc) is 3.26. The van der Waals surface area contributed by atoms with E-state index in [0.29, 0.717) is 12.0 Å². The minimum atomic E-state index is 0.278. The van der Waals surface area contributed by atoms with Crippen LogP contribution in [0.1, 0.15) is 39.2 Å². The fourth-order valence-electron chi connectivity index (χ4n) is 3.72. The summed E-state index contributed by atoms with van der Waals surface area (Å²) in [5.41, 5.74) is 3.06. The van der Waals surface area contributed by atoms with Crippen LogP contribution in [0.3, 0.4) is 0 Å². The highest BCUT2D eigenvalue weighted by Gasteiger charge is 2.46. The van der Waals surface area contributed by atoms with Gasteiger partial charge in [0.15, 0.2) is 0 Å². The predicted molar refractivity (Wildman–Crippen MR) is 94.0 cm³/mol. The van der Waals surface area contributed by atoms with Crippen molar-refractivity contribution in [2.45, 2.75) is 52.1 Å². The van der Waals surface area contributed by atoms with Crippen molar-refractivity contribution in [1.82, 2.24) is 5.32 Å². The van der Waals surface area contributed by atoms with E-state index < -0.39 is 0 Å². The van der Waals surface area contributed by atoms with Gasteiger partial charge < -0.3 is 10.2 Å². The van der Waals surface area contributed by atoms with Crippen molar-refractivity contribution in [3.05, 3.63) is 28.2 Å². The first kappa shape index (κ1) is 15.4. The van der Waals surface area contributed by atoms with E-state index in [1.807, 2.05) is 0 Å². The van der Waals surface area contributed by atoms with Crippen LogP contribution in [0.25, 0.3) is 0 Å². The van der Waals surface area contributed by atoms with Gasteiger partial charge in [0.1, 0.15) is 0 Å². The molecule has 0 bridgehead atoms. The molecule has 2 unspecified atom stereocenters. The van der Waals surface area contributed by atoms with Crippen LogP contribution >= 0.6 is 15.9 Å². The Bertz CT molecular complexity index is 524. The van der Waals surface area contributed by atoms with Gasteiger partial charge in [-0.3, -0.25) is 0 Å². The number of nitrogens with zero attached hydrogens (tertiary/aromatic N) is 1. The van der Waals surface area contributed by atoms with Crippen molar-refractivity contribution >= 4 is 21.6 Å². The number of anilines is 1. The second-order valence-electron chi connectivity index (χ2n) is 7.44. The second kappa shape index (κ2) is 5.58. The van der Waals surface area contributed by atoms with Crippen LogP contribution in [0.5, 0.6) is 0 Å². The summed E-state index contributed by atoms with van der Waals surface area (Å²) >= 11 is 3.65. The molecule has 0 spiro atoms. The molecule has 1 N–H and O–H groups in total. The van der Waals surface area contributed by atoms with Crippen LogP contribution < -0.4 is 10.2 Å². The Balaban J connectivity index is 1.95. The molecule has 1 aromatic rings. The summed E-state index contributed by atoms with van der Waals surface area (Å²) in [6, 6.07) is 7.24. The Labute approximate surface area is 137 Å². The Morgan fingerprint density at radius 2 is 2.05 bits per heavy atom. The first-order chi connectivity index (χ1) is 9.90. The Hall–Kier alpha value is -0.540. The molecular weight excluding hydrogens is 324 g/mol. The van der Waals surface area contributed by atoms with Gasteiger partial charge in [-0.05, 0) is 56.2 Å². The minimum absolute atomic E-state index is 0.278. The van der Waals surface area contributed by atoms with Crippen LogP contribution in [-0.4, -0.2) is 24.7 Å². The molecule has 1 aromatic carbocycles. The van der Waals surface area contributed by atoms with Gasteiger partial charge in [0.05, 0.1) is 0 Å². The molecule has 1 saturated carbocycles. The zero-order valence-electron chi connectivity index (χ0n) is 13.6. The Kier molecular flexibility index (Phi) is 4.08. The summed E-state index contributed by atoms with van der Waals surface area (Å²) in [5, 5.41) is 3.87. The maximum Gasteiger partial charge on any atom is 0.0438 e. The SMILES string of the molecule is Cc1ccc(Br)cc1N1CC(C)(C2CC2)NCC1C(C)C. The zero-order valence-corrected chi connectivity index (χ0v) is 15.2. The van der Waals surface area contributed by atoms with Crippen LogP contribution in [0.4, 0.5) is 5.69 Å². The lowest BCUT2D eigenvalue weighted by atomic mass is 9.87. The average molecular weight is 351 g/mol. The summed E-state index contributed by atoms with van der Waals surface area (Å²) in [5.74, 6) is 1.51. The molecule has 0 amide bonds. The van der Waals surface area contributed by atoms with E-state index in [2.05, 4.69) is 72.0 Å². The fourth-order valence-corrected chi connectivity index (χ4v) is 4.07. The van der Waals surface area contributed by atoms with Gasteiger partial charge in [-0.25, -0.2) is 0 Å². The number of nitrogens with one attached hydrogen (secondary N) is 1. The number of benzene rings is 1. The normalized spacial score (nSPS) is 30.0. The van der Waals surface area contributed by atoms with E-state index in [1.54, 1.807) is 0 Å². The fraction of sp³-hybridized carbons (Fsp3) is 0.667. The van der Waals surface area contributed by atoms with Crippen molar-refractivity contribution in [1.29, 1.82) is 0 Å². The lowest BCUT2D eigenvalue weighted by Crippen LogP contribution is -2.65. The van der Waals surface area contributed by atoms with E-state index in [-0.39, 0.29) is 5.54 Å². The number of aryl methyl sites for hydroxylation is 1. The first-order valence-corrected chi connectivity index (χ1v) is 8.98. The zero-order chi connectivity index (χ0) is 15.2. The molecule has 116 valence electrons. The van der Waals surface area contributed by atoms with E-state index in [9.17, 15) is 0 Å². The van der Waals surface area contributed by atoms with Gasteiger partial charge in [0.25, 0.3) is 0 Å². The molecule has 0 radical (unpaired) electrons. The van der Waals surface area contributed by atoms with Crippen LogP contribution in [-0.2, 0) is 0 Å². The van der Waals surface area contributed by atoms with E-state index in [0.717, 1.165) is 19.0 Å². The molecule has 1 heterocycles. The highest BCUT2D eigenvalue weighted by molar-refractivity contribution is 9.10. The summed E-state index contributed by atoms with van der Waals surface area (Å²) < 4.78 is 1.18. The number of halogens is 1. The predicted octanol–water partition coefficient (Wildman–Crippen LogP) is 4.36. The summed E-state index contributed by atoms with van der Waals surface area (Å²) in [6.45, 7) is 11.5. The molecule has 2 atom stereocenters. The van der Waals surface area contributed by atoms with E-state index >= 15 is 0 Å². The third kappa shape index (κ3) is 3.00. The van der Waals surface area contributed by atoms with Crippen LogP contribution in [0, 0.1) is 18.8 Å². The molecule has 1 aliphatic carbocycles. The van der Waals surface area contributed by atoms with Crippen molar-refractivity contribution in [3.8, 4) is 0 Å². The van der Waals surface area contributed by atoms with Gasteiger partial charge in [0.2, 0.25) is 0 Å². The monoisotopic (exact) mass is 350 g/mol. The number of hydrogen-bond acceptors (Lipinski definition) is 2. The molecule has 2 fully saturated rings. The molecule has 2 aliphatic rings. The minimum Gasteiger partial charge on any atom is -0.365 e. The first-order valence-electron chi connectivity index (χ1n) is 8.18. The van der Waals surface area contributed by atoms with Gasteiger partial charge >= 0.3 is 0 Å². The Morgan fingerprint density at radius 3 is 2.67 bits per heavy atom. The van der Waals surface area contributed by atoms with Gasteiger partial charge in [-0.15, -0.1) is 0 Å². The molecule has 3 rings (SSSR count). The highest BCUT2D eigenvalue weighted by atomic mass is 79.9. The summed E-state index contributed by atoms with van der Waals surface area (Å²) in [4.78, 5) is 2.67. The van der Waals surface area contributed by atoms with Crippen LogP contribution in [0.15, 0.2) is 22.7 Å². The lowest BCUT2D eigenvalue weighted by molar-refractivity contribution is 0.233. The van der Waals surface area contributed by atoms with Crippen molar-refractivity contribution in [3.63, 3.8) is 0 Å². The molecule has 1 aliphatic heterocycles. The second-order valence-corrected chi connectivity index (χ2v) is 8.36. The molecule has 3 heteroatoms. The van der Waals surface area contributed by atoms with E-state index in [4.69, 9.17) is 0 Å². The number of hydrogen-bond donors (Lipinski definition) is 1. The van der Waals surface area contributed by atoms with E-state index in [1.165, 1.54) is 28.6 Å². The topological polar surface area (TPSA) is 15.3 Å². The lowest BCUT2D eigenvalue weighted by Gasteiger charge is -2.49.